The van der Waals surface area contributed by atoms with Gasteiger partial charge in [-0.05, 0) is 23.3 Å². The lowest BCUT2D eigenvalue weighted by atomic mass is 10.2. The van der Waals surface area contributed by atoms with Gasteiger partial charge in [0.2, 0.25) is 10.0 Å². The number of hydrogen-bond acceptors (Lipinski definition) is 4. The first kappa shape index (κ1) is 18.8. The SMILES string of the molecule is CS(=O)(=O)Nc1cc(OCc2ccccc2)ccc1OCc1ccccc1. The van der Waals surface area contributed by atoms with Crippen LogP contribution >= 0.6 is 0 Å². The minimum absolute atomic E-state index is 0.337. The maximum absolute atomic E-state index is 11.7. The van der Waals surface area contributed by atoms with Gasteiger partial charge in [-0.25, -0.2) is 8.42 Å². The molecule has 0 amide bonds. The Morgan fingerprint density at radius 2 is 1.33 bits per heavy atom. The molecular formula is C21H21NO4S. The highest BCUT2D eigenvalue weighted by Crippen LogP contribution is 2.31. The van der Waals surface area contributed by atoms with Crippen LogP contribution in [0.5, 0.6) is 11.5 Å². The first-order valence-corrected chi connectivity index (χ1v) is 10.3. The van der Waals surface area contributed by atoms with Gasteiger partial charge in [0, 0.05) is 6.07 Å². The van der Waals surface area contributed by atoms with Crippen molar-refractivity contribution in [3.8, 4) is 11.5 Å². The van der Waals surface area contributed by atoms with Gasteiger partial charge in [0.1, 0.15) is 24.7 Å². The molecule has 0 aromatic heterocycles. The molecule has 6 heteroatoms. The second-order valence-corrected chi connectivity index (χ2v) is 7.83. The lowest BCUT2D eigenvalue weighted by Crippen LogP contribution is -2.11. The molecule has 0 saturated heterocycles. The van der Waals surface area contributed by atoms with Gasteiger partial charge >= 0.3 is 0 Å². The summed E-state index contributed by atoms with van der Waals surface area (Å²) in [5, 5.41) is 0. The summed E-state index contributed by atoms with van der Waals surface area (Å²) < 4.78 is 37.5. The zero-order valence-electron chi connectivity index (χ0n) is 15.0. The summed E-state index contributed by atoms with van der Waals surface area (Å²) in [5.74, 6) is 0.994. The fraction of sp³-hybridized carbons (Fsp3) is 0.143. The van der Waals surface area contributed by atoms with Crippen molar-refractivity contribution >= 4 is 15.7 Å². The smallest absolute Gasteiger partial charge is 0.229 e. The second kappa shape index (κ2) is 8.60. The van der Waals surface area contributed by atoms with Crippen molar-refractivity contribution in [3.05, 3.63) is 90.0 Å². The van der Waals surface area contributed by atoms with Crippen molar-refractivity contribution in [2.75, 3.05) is 11.0 Å². The molecule has 0 atom stereocenters. The lowest BCUT2D eigenvalue weighted by molar-refractivity contribution is 0.298. The molecule has 27 heavy (non-hydrogen) atoms. The standard InChI is InChI=1S/C21H21NO4S/c1-27(23,24)22-20-14-19(25-15-17-8-4-2-5-9-17)12-13-21(20)26-16-18-10-6-3-7-11-18/h2-14,22H,15-16H2,1H3. The van der Waals surface area contributed by atoms with Crippen molar-refractivity contribution in [2.45, 2.75) is 13.2 Å². The number of benzene rings is 3. The fourth-order valence-corrected chi connectivity index (χ4v) is 3.04. The Bertz CT molecular complexity index is 974. The zero-order chi connectivity index (χ0) is 19.1. The van der Waals surface area contributed by atoms with Gasteiger partial charge in [0.25, 0.3) is 0 Å². The number of sulfonamides is 1. The average molecular weight is 383 g/mol. The van der Waals surface area contributed by atoms with E-state index < -0.39 is 10.0 Å². The molecule has 0 spiro atoms. The van der Waals surface area contributed by atoms with Crippen LogP contribution < -0.4 is 14.2 Å². The molecule has 3 rings (SSSR count). The van der Waals surface area contributed by atoms with Crippen LogP contribution in [0.15, 0.2) is 78.9 Å². The average Bonchev–Trinajstić information content (AvgIpc) is 2.66. The molecule has 0 unspecified atom stereocenters. The minimum atomic E-state index is -3.45. The number of nitrogens with one attached hydrogen (secondary N) is 1. The Morgan fingerprint density at radius 3 is 1.89 bits per heavy atom. The monoisotopic (exact) mass is 383 g/mol. The van der Waals surface area contributed by atoms with Gasteiger partial charge in [-0.1, -0.05) is 60.7 Å². The molecule has 0 aliphatic carbocycles. The van der Waals surface area contributed by atoms with E-state index in [9.17, 15) is 8.42 Å². The molecule has 0 saturated carbocycles. The fourth-order valence-electron chi connectivity index (χ4n) is 2.48. The van der Waals surface area contributed by atoms with Crippen LogP contribution in [0.25, 0.3) is 0 Å². The van der Waals surface area contributed by atoms with Gasteiger partial charge in [-0.3, -0.25) is 4.72 Å². The van der Waals surface area contributed by atoms with Crippen LogP contribution in [0.1, 0.15) is 11.1 Å². The highest BCUT2D eigenvalue weighted by molar-refractivity contribution is 7.92. The van der Waals surface area contributed by atoms with Crippen molar-refractivity contribution in [1.29, 1.82) is 0 Å². The van der Waals surface area contributed by atoms with Gasteiger partial charge in [0.15, 0.2) is 0 Å². The first-order chi connectivity index (χ1) is 13.0. The Kier molecular flexibility index (Phi) is 5.98. The lowest BCUT2D eigenvalue weighted by Gasteiger charge is -2.14. The maximum atomic E-state index is 11.7. The van der Waals surface area contributed by atoms with E-state index in [1.54, 1.807) is 18.2 Å². The predicted molar refractivity (Wildman–Crippen MR) is 106 cm³/mol. The predicted octanol–water partition coefficient (Wildman–Crippen LogP) is 4.22. The van der Waals surface area contributed by atoms with Crippen LogP contribution in [0, 0.1) is 0 Å². The molecular weight excluding hydrogens is 362 g/mol. The first-order valence-electron chi connectivity index (χ1n) is 8.45. The summed E-state index contributed by atoms with van der Waals surface area (Å²) in [6, 6.07) is 24.5. The summed E-state index contributed by atoms with van der Waals surface area (Å²) in [4.78, 5) is 0. The largest absolute Gasteiger partial charge is 0.489 e. The summed E-state index contributed by atoms with van der Waals surface area (Å²) in [6.45, 7) is 0.729. The van der Waals surface area contributed by atoms with Crippen LogP contribution in [0.4, 0.5) is 5.69 Å². The maximum Gasteiger partial charge on any atom is 0.229 e. The third-order valence-electron chi connectivity index (χ3n) is 3.73. The number of hydrogen-bond donors (Lipinski definition) is 1. The second-order valence-electron chi connectivity index (χ2n) is 6.08. The van der Waals surface area contributed by atoms with E-state index in [2.05, 4.69) is 4.72 Å². The third-order valence-corrected chi connectivity index (χ3v) is 4.32. The van der Waals surface area contributed by atoms with Crippen molar-refractivity contribution in [1.82, 2.24) is 0 Å². The Labute approximate surface area is 159 Å². The third kappa shape index (κ3) is 6.04. The van der Waals surface area contributed by atoms with E-state index in [4.69, 9.17) is 9.47 Å². The van der Waals surface area contributed by atoms with E-state index in [0.29, 0.717) is 30.4 Å². The Balaban J connectivity index is 1.76. The summed E-state index contributed by atoms with van der Waals surface area (Å²) in [7, 11) is -3.45. The van der Waals surface area contributed by atoms with E-state index in [1.807, 2.05) is 60.7 Å². The Hall–Kier alpha value is -2.99. The molecule has 0 aliphatic heterocycles. The number of rotatable bonds is 8. The number of anilines is 1. The van der Waals surface area contributed by atoms with Crippen LogP contribution in [-0.4, -0.2) is 14.7 Å². The van der Waals surface area contributed by atoms with E-state index in [1.165, 1.54) is 0 Å². The molecule has 3 aromatic rings. The molecule has 0 radical (unpaired) electrons. The van der Waals surface area contributed by atoms with Crippen molar-refractivity contribution < 1.29 is 17.9 Å². The topological polar surface area (TPSA) is 64.6 Å². The van der Waals surface area contributed by atoms with Crippen LogP contribution in [0.3, 0.4) is 0 Å². The van der Waals surface area contributed by atoms with Crippen LogP contribution in [0.2, 0.25) is 0 Å². The van der Waals surface area contributed by atoms with E-state index in [-0.39, 0.29) is 0 Å². The quantitative estimate of drug-likeness (QED) is 0.633. The normalized spacial score (nSPS) is 11.0. The molecule has 1 N–H and O–H groups in total. The summed E-state index contributed by atoms with van der Waals surface area (Å²) in [5.41, 5.74) is 2.37. The molecule has 0 heterocycles. The van der Waals surface area contributed by atoms with Gasteiger partial charge < -0.3 is 9.47 Å². The highest BCUT2D eigenvalue weighted by Gasteiger charge is 2.11. The number of ether oxygens (including phenoxy) is 2. The Morgan fingerprint density at radius 1 is 0.778 bits per heavy atom. The summed E-state index contributed by atoms with van der Waals surface area (Å²) in [6.07, 6.45) is 1.10. The van der Waals surface area contributed by atoms with Gasteiger partial charge in [-0.2, -0.15) is 0 Å². The van der Waals surface area contributed by atoms with E-state index in [0.717, 1.165) is 17.4 Å². The molecule has 140 valence electrons. The van der Waals surface area contributed by atoms with Gasteiger partial charge in [0.05, 0.1) is 11.9 Å². The summed E-state index contributed by atoms with van der Waals surface area (Å²) >= 11 is 0. The highest BCUT2D eigenvalue weighted by atomic mass is 32.2. The molecule has 0 fully saturated rings. The van der Waals surface area contributed by atoms with Crippen molar-refractivity contribution in [2.24, 2.45) is 0 Å². The van der Waals surface area contributed by atoms with Crippen LogP contribution in [-0.2, 0) is 23.2 Å². The van der Waals surface area contributed by atoms with Gasteiger partial charge in [-0.15, -0.1) is 0 Å². The van der Waals surface area contributed by atoms with Crippen molar-refractivity contribution in [3.63, 3.8) is 0 Å². The molecule has 0 bridgehead atoms. The molecule has 5 nitrogen and oxygen atoms in total. The van der Waals surface area contributed by atoms with E-state index >= 15 is 0 Å². The minimum Gasteiger partial charge on any atom is -0.489 e. The zero-order valence-corrected chi connectivity index (χ0v) is 15.8. The molecule has 0 aliphatic rings. The molecule has 3 aromatic carbocycles.